The van der Waals surface area contributed by atoms with E-state index in [0.29, 0.717) is 5.69 Å². The normalized spacial score (nSPS) is 11.3. The molecule has 11 nitrogen and oxygen atoms in total. The molecule has 2 N–H and O–H groups in total. The third kappa shape index (κ3) is 3.57. The molecule has 1 amide bonds. The van der Waals surface area contributed by atoms with E-state index >= 15 is 0 Å². The number of rotatable bonds is 5. The summed E-state index contributed by atoms with van der Waals surface area (Å²) in [6.07, 6.45) is 3.15. The number of esters is 1. The Kier molecular flexibility index (Phi) is 4.66. The van der Waals surface area contributed by atoms with Crippen molar-refractivity contribution in [2.24, 2.45) is 0 Å². The maximum Gasteiger partial charge on any atom is 0.575 e. The van der Waals surface area contributed by atoms with Gasteiger partial charge < -0.3 is 15.0 Å². The molecule has 0 saturated heterocycles. The molecule has 22 heavy (non-hydrogen) atoms. The van der Waals surface area contributed by atoms with Crippen molar-refractivity contribution in [2.75, 3.05) is 7.11 Å². The number of carbonyl (C=O) groups is 2. The predicted molar refractivity (Wildman–Crippen MR) is 71.1 cm³/mol. The Hall–Kier alpha value is -3.42. The fourth-order valence-electron chi connectivity index (χ4n) is 1.54. The summed E-state index contributed by atoms with van der Waals surface area (Å²) in [5.41, 5.74) is 0.644. The van der Waals surface area contributed by atoms with Crippen molar-refractivity contribution in [3.05, 3.63) is 28.9 Å². The van der Waals surface area contributed by atoms with Gasteiger partial charge in [0.15, 0.2) is 0 Å². The first-order valence-corrected chi connectivity index (χ1v) is 5.98. The molecule has 11 heteroatoms. The highest BCUT2D eigenvalue weighted by atomic mass is 16.5. The monoisotopic (exact) mass is 303 g/mol. The van der Waals surface area contributed by atoms with Crippen molar-refractivity contribution < 1.29 is 14.3 Å². The highest BCUT2D eigenvalue weighted by molar-refractivity contribution is 5.93. The van der Waals surface area contributed by atoms with Gasteiger partial charge in [-0.05, 0) is 10.2 Å². The number of imidazole rings is 1. The van der Waals surface area contributed by atoms with Crippen molar-refractivity contribution in [2.45, 2.75) is 12.5 Å². The number of H-pyrrole nitrogens is 1. The molecule has 0 spiro atoms. The lowest BCUT2D eigenvalue weighted by Crippen LogP contribution is -2.43. The summed E-state index contributed by atoms with van der Waals surface area (Å²) in [5, 5.41) is 16.4. The second kappa shape index (κ2) is 6.84. The minimum atomic E-state index is -0.944. The number of nitrogens with zero attached hydrogens (tertiary/aromatic N) is 6. The van der Waals surface area contributed by atoms with Gasteiger partial charge in [0.1, 0.15) is 12.6 Å². The number of methoxy groups -OCH3 is 1. The van der Waals surface area contributed by atoms with Gasteiger partial charge in [-0.3, -0.25) is 4.79 Å². The van der Waals surface area contributed by atoms with E-state index in [1.165, 1.54) is 19.6 Å². The smallest absolute Gasteiger partial charge is 0.467 e. The quantitative estimate of drug-likeness (QED) is 0.677. The number of aromatic nitrogens is 6. The van der Waals surface area contributed by atoms with Crippen molar-refractivity contribution in [3.63, 3.8) is 0 Å². The van der Waals surface area contributed by atoms with Gasteiger partial charge in [-0.25, -0.2) is 9.78 Å². The molecule has 0 aliphatic rings. The summed E-state index contributed by atoms with van der Waals surface area (Å²) in [4.78, 5) is 33.5. The van der Waals surface area contributed by atoms with E-state index in [1.54, 1.807) is 0 Å². The second-order valence-electron chi connectivity index (χ2n) is 3.98. The van der Waals surface area contributed by atoms with Crippen LogP contribution in [0.4, 0.5) is 5.95 Å². The first kappa shape index (κ1) is 15.0. The molecule has 112 valence electrons. The molecular weight excluding hydrogens is 292 g/mol. The minimum Gasteiger partial charge on any atom is -0.467 e. The van der Waals surface area contributed by atoms with Gasteiger partial charge in [-0.15, -0.1) is 0 Å². The van der Waals surface area contributed by atoms with Gasteiger partial charge in [-0.1, -0.05) is 0 Å². The average molecular weight is 303 g/mol. The fraction of sp³-hybridized carbons (Fsp3) is 0.273. The van der Waals surface area contributed by atoms with Crippen molar-refractivity contribution in [1.82, 2.24) is 35.7 Å². The Morgan fingerprint density at radius 2 is 2.14 bits per heavy atom. The third-order valence-corrected chi connectivity index (χ3v) is 2.56. The highest BCUT2D eigenvalue weighted by Crippen LogP contribution is 2.02. The summed E-state index contributed by atoms with van der Waals surface area (Å²) in [6, 6.07) is -0.944. The van der Waals surface area contributed by atoms with Crippen LogP contribution in [0.5, 0.6) is 0 Å². The zero-order chi connectivity index (χ0) is 15.9. The zero-order valence-corrected chi connectivity index (χ0v) is 11.4. The van der Waals surface area contributed by atoms with E-state index in [2.05, 4.69) is 45.3 Å². The first-order chi connectivity index (χ1) is 10.6. The lowest BCUT2D eigenvalue weighted by atomic mass is 10.1. The van der Waals surface area contributed by atoms with Crippen LogP contribution in [0.25, 0.3) is 4.85 Å². The van der Waals surface area contributed by atoms with Crippen LogP contribution in [0.15, 0.2) is 12.5 Å². The maximum absolute atomic E-state index is 12.0. The summed E-state index contributed by atoms with van der Waals surface area (Å²) < 4.78 is 4.64. The van der Waals surface area contributed by atoms with Gasteiger partial charge in [0.2, 0.25) is 0 Å². The van der Waals surface area contributed by atoms with Crippen molar-refractivity contribution in [3.8, 4) is 6.57 Å². The molecule has 0 bridgehead atoms. The molecule has 2 aromatic rings. The molecule has 0 aliphatic carbocycles. The highest BCUT2D eigenvalue weighted by Gasteiger charge is 2.26. The number of nitrogens with one attached hydrogen (secondary N) is 2. The van der Waals surface area contributed by atoms with E-state index < -0.39 is 17.9 Å². The van der Waals surface area contributed by atoms with Crippen LogP contribution >= 0.6 is 0 Å². The lowest BCUT2D eigenvalue weighted by Gasteiger charge is -2.14. The minimum absolute atomic E-state index is 0.162. The van der Waals surface area contributed by atoms with Gasteiger partial charge in [0.05, 0.1) is 23.6 Å². The Balaban J connectivity index is 2.10. The van der Waals surface area contributed by atoms with Crippen LogP contribution in [-0.4, -0.2) is 55.4 Å². The molecule has 0 saturated carbocycles. The number of ether oxygens (including phenoxy) is 1. The second-order valence-corrected chi connectivity index (χ2v) is 3.98. The number of hydrogen-bond acceptors (Lipinski definition) is 8. The molecule has 0 fully saturated rings. The molecule has 2 rings (SSSR count). The summed E-state index contributed by atoms with van der Waals surface area (Å²) >= 11 is 0. The van der Waals surface area contributed by atoms with Crippen LogP contribution < -0.4 is 5.32 Å². The summed E-state index contributed by atoms with van der Waals surface area (Å²) in [5.74, 6) is -1.86. The van der Waals surface area contributed by atoms with E-state index in [4.69, 9.17) is 6.57 Å². The largest absolute Gasteiger partial charge is 0.575 e. The van der Waals surface area contributed by atoms with E-state index in [0.717, 1.165) is 0 Å². The topological polar surface area (TPSA) is 140 Å². The van der Waals surface area contributed by atoms with Gasteiger partial charge in [0.25, 0.3) is 11.7 Å². The molecule has 0 aromatic carbocycles. The molecule has 0 radical (unpaired) electrons. The van der Waals surface area contributed by atoms with Crippen LogP contribution in [0.3, 0.4) is 0 Å². The van der Waals surface area contributed by atoms with Crippen LogP contribution in [0, 0.1) is 6.57 Å². The molecular formula is C11H11N8O3+. The van der Waals surface area contributed by atoms with E-state index in [-0.39, 0.29) is 18.2 Å². The molecule has 0 unspecified atom stereocenters. The van der Waals surface area contributed by atoms with E-state index in [9.17, 15) is 9.59 Å². The molecule has 0 aliphatic heterocycles. The van der Waals surface area contributed by atoms with Crippen LogP contribution in [0.1, 0.15) is 16.3 Å². The lowest BCUT2D eigenvalue weighted by molar-refractivity contribution is -0.142. The SMILES string of the molecule is C#[N+]c1nnc(C(=O)N[C@H](Cc2cnc[nH]2)C(=O)OC)nn1. The number of hydrogen-bond donors (Lipinski definition) is 2. The van der Waals surface area contributed by atoms with E-state index in [1.807, 2.05) is 0 Å². The molecule has 2 aromatic heterocycles. The Labute approximate surface area is 124 Å². The standard InChI is InChI=1S/C11H10N8O3/c1-12-11-18-16-8(17-19-11)9(20)15-7(10(21)22-2)3-6-4-13-5-14-6/h1,4-5,7H,3H2,2H3,(H-,13,14,15,20)/p+1/t7-/m1/s1. The zero-order valence-electron chi connectivity index (χ0n) is 11.4. The third-order valence-electron chi connectivity index (χ3n) is 2.56. The van der Waals surface area contributed by atoms with Crippen molar-refractivity contribution >= 4 is 17.8 Å². The number of amides is 1. The Bertz CT molecular complexity index is 691. The predicted octanol–water partition coefficient (Wildman–Crippen LogP) is -0.902. The van der Waals surface area contributed by atoms with Crippen molar-refractivity contribution in [1.29, 1.82) is 0 Å². The van der Waals surface area contributed by atoms with Crippen LogP contribution in [-0.2, 0) is 16.0 Å². The summed E-state index contributed by atoms with van der Waals surface area (Å²) in [6.45, 7) is 4.94. The first-order valence-electron chi connectivity index (χ1n) is 5.98. The average Bonchev–Trinajstić information content (AvgIpc) is 3.06. The Morgan fingerprint density at radius 3 is 2.68 bits per heavy atom. The molecule has 1 atom stereocenters. The van der Waals surface area contributed by atoms with Gasteiger partial charge >= 0.3 is 11.9 Å². The van der Waals surface area contributed by atoms with Gasteiger partial charge in [-0.2, -0.15) is 4.85 Å². The van der Waals surface area contributed by atoms with Gasteiger partial charge in [0, 0.05) is 18.3 Å². The van der Waals surface area contributed by atoms with Crippen LogP contribution in [0.2, 0.25) is 0 Å². The fourth-order valence-corrected chi connectivity index (χ4v) is 1.54. The Morgan fingerprint density at radius 1 is 1.41 bits per heavy atom. The summed E-state index contributed by atoms with van der Waals surface area (Å²) in [7, 11) is 1.21. The number of carbonyl (C=O) groups excluding carboxylic acids is 2. The molecule has 2 heterocycles. The number of aromatic amines is 1. The maximum atomic E-state index is 12.0.